The highest BCUT2D eigenvalue weighted by molar-refractivity contribution is 5.84. The van der Waals surface area contributed by atoms with Gasteiger partial charge in [-0.05, 0) is 18.2 Å². The number of alkyl halides is 3. The van der Waals surface area contributed by atoms with Crippen LogP contribution in [0.25, 0.3) is 10.9 Å². The van der Waals surface area contributed by atoms with E-state index in [-0.39, 0.29) is 12.0 Å². The van der Waals surface area contributed by atoms with Gasteiger partial charge in [0.25, 0.3) is 0 Å². The SMILES string of the molecule is OCCc1cc2c(C(F)(F)F)cccc2[nH]1. The Bertz CT molecular complexity index is 501. The summed E-state index contributed by atoms with van der Waals surface area (Å²) in [5.74, 6) is 0. The zero-order chi connectivity index (χ0) is 11.8. The Morgan fingerprint density at radius 1 is 1.25 bits per heavy atom. The van der Waals surface area contributed by atoms with Gasteiger partial charge in [-0.15, -0.1) is 0 Å². The average molecular weight is 229 g/mol. The fourth-order valence-corrected chi connectivity index (χ4v) is 1.72. The van der Waals surface area contributed by atoms with E-state index >= 15 is 0 Å². The molecule has 0 unspecified atom stereocenters. The van der Waals surface area contributed by atoms with Gasteiger partial charge in [0.15, 0.2) is 0 Å². The Hall–Kier alpha value is -1.49. The Morgan fingerprint density at radius 2 is 2.00 bits per heavy atom. The van der Waals surface area contributed by atoms with Crippen molar-refractivity contribution < 1.29 is 18.3 Å². The molecule has 86 valence electrons. The monoisotopic (exact) mass is 229 g/mol. The molecule has 2 aromatic rings. The summed E-state index contributed by atoms with van der Waals surface area (Å²) < 4.78 is 37.9. The summed E-state index contributed by atoms with van der Waals surface area (Å²) >= 11 is 0. The standard InChI is InChI=1S/C11H10F3NO/c12-11(13,14)9-2-1-3-10-8(9)6-7(15-10)4-5-16/h1-3,6,15-16H,4-5H2. The number of benzene rings is 1. The number of fused-ring (bicyclic) bond motifs is 1. The molecule has 0 spiro atoms. The number of aromatic amines is 1. The van der Waals surface area contributed by atoms with Crippen molar-refractivity contribution in [2.45, 2.75) is 12.6 Å². The zero-order valence-corrected chi connectivity index (χ0v) is 8.30. The van der Waals surface area contributed by atoms with Crippen molar-refractivity contribution in [3.8, 4) is 0 Å². The molecule has 0 saturated carbocycles. The summed E-state index contributed by atoms with van der Waals surface area (Å²) in [5, 5.41) is 8.88. The molecule has 0 aliphatic heterocycles. The summed E-state index contributed by atoms with van der Waals surface area (Å²) in [6.45, 7) is -0.0891. The second-order valence-corrected chi connectivity index (χ2v) is 3.53. The average Bonchev–Trinajstić information content (AvgIpc) is 2.58. The van der Waals surface area contributed by atoms with E-state index in [1.54, 1.807) is 6.07 Å². The minimum absolute atomic E-state index is 0.0891. The normalized spacial score (nSPS) is 12.2. The van der Waals surface area contributed by atoms with Crippen molar-refractivity contribution in [2.75, 3.05) is 6.61 Å². The van der Waals surface area contributed by atoms with Gasteiger partial charge in [-0.3, -0.25) is 0 Å². The molecule has 1 aromatic heterocycles. The van der Waals surface area contributed by atoms with Crippen molar-refractivity contribution in [2.24, 2.45) is 0 Å². The minimum Gasteiger partial charge on any atom is -0.396 e. The Labute approximate surface area is 89.7 Å². The molecule has 0 bridgehead atoms. The smallest absolute Gasteiger partial charge is 0.396 e. The van der Waals surface area contributed by atoms with E-state index in [4.69, 9.17) is 5.11 Å². The predicted molar refractivity (Wildman–Crippen MR) is 54.1 cm³/mol. The number of aliphatic hydroxyl groups is 1. The van der Waals surface area contributed by atoms with Crippen LogP contribution in [0.15, 0.2) is 24.3 Å². The van der Waals surface area contributed by atoms with Crippen LogP contribution in [0.3, 0.4) is 0 Å². The van der Waals surface area contributed by atoms with Gasteiger partial charge in [0.2, 0.25) is 0 Å². The highest BCUT2D eigenvalue weighted by Gasteiger charge is 2.32. The second-order valence-electron chi connectivity index (χ2n) is 3.53. The van der Waals surface area contributed by atoms with Crippen molar-refractivity contribution >= 4 is 10.9 Å². The van der Waals surface area contributed by atoms with Crippen molar-refractivity contribution in [3.05, 3.63) is 35.5 Å². The van der Waals surface area contributed by atoms with Crippen molar-refractivity contribution in [1.82, 2.24) is 4.98 Å². The van der Waals surface area contributed by atoms with Crippen LogP contribution in [0.4, 0.5) is 13.2 Å². The molecule has 0 saturated heterocycles. The molecule has 1 aromatic carbocycles. The number of H-pyrrole nitrogens is 1. The highest BCUT2D eigenvalue weighted by Crippen LogP contribution is 2.34. The fourth-order valence-electron chi connectivity index (χ4n) is 1.72. The molecule has 0 amide bonds. The van der Waals surface area contributed by atoms with E-state index in [0.29, 0.717) is 17.6 Å². The first-order chi connectivity index (χ1) is 7.52. The van der Waals surface area contributed by atoms with Gasteiger partial charge in [0.05, 0.1) is 5.56 Å². The van der Waals surface area contributed by atoms with Crippen LogP contribution < -0.4 is 0 Å². The van der Waals surface area contributed by atoms with E-state index in [2.05, 4.69) is 4.98 Å². The van der Waals surface area contributed by atoms with Crippen LogP contribution >= 0.6 is 0 Å². The van der Waals surface area contributed by atoms with E-state index in [1.807, 2.05) is 0 Å². The topological polar surface area (TPSA) is 36.0 Å². The van der Waals surface area contributed by atoms with Gasteiger partial charge in [0, 0.05) is 29.6 Å². The first kappa shape index (κ1) is 11.0. The van der Waals surface area contributed by atoms with Crippen LogP contribution in [0.5, 0.6) is 0 Å². The number of halogens is 3. The third-order valence-electron chi connectivity index (χ3n) is 2.41. The molecule has 2 nitrogen and oxygen atoms in total. The molecule has 0 radical (unpaired) electrons. The van der Waals surface area contributed by atoms with Gasteiger partial charge in [-0.2, -0.15) is 13.2 Å². The largest absolute Gasteiger partial charge is 0.417 e. The molecule has 0 fully saturated rings. The van der Waals surface area contributed by atoms with Crippen LogP contribution in [0.2, 0.25) is 0 Å². The first-order valence-electron chi connectivity index (χ1n) is 4.81. The van der Waals surface area contributed by atoms with Gasteiger partial charge >= 0.3 is 6.18 Å². The Morgan fingerprint density at radius 3 is 2.62 bits per heavy atom. The van der Waals surface area contributed by atoms with E-state index in [0.717, 1.165) is 6.07 Å². The lowest BCUT2D eigenvalue weighted by Crippen LogP contribution is -2.04. The third kappa shape index (κ3) is 1.90. The van der Waals surface area contributed by atoms with Gasteiger partial charge in [0.1, 0.15) is 0 Å². The molecule has 1 heterocycles. The molecular formula is C11H10F3NO. The van der Waals surface area contributed by atoms with Gasteiger partial charge in [-0.1, -0.05) is 6.07 Å². The molecule has 5 heteroatoms. The van der Waals surface area contributed by atoms with E-state index in [1.165, 1.54) is 12.1 Å². The number of rotatable bonds is 2. The molecule has 0 atom stereocenters. The number of aromatic nitrogens is 1. The number of aliphatic hydroxyl groups excluding tert-OH is 1. The molecular weight excluding hydrogens is 219 g/mol. The predicted octanol–water partition coefficient (Wildman–Crippen LogP) is 2.72. The Kier molecular flexibility index (Phi) is 2.63. The fraction of sp³-hybridized carbons (Fsp3) is 0.273. The second kappa shape index (κ2) is 3.83. The maximum atomic E-state index is 12.6. The quantitative estimate of drug-likeness (QED) is 0.816. The maximum absolute atomic E-state index is 12.6. The van der Waals surface area contributed by atoms with Crippen LogP contribution in [-0.2, 0) is 12.6 Å². The lowest BCUT2D eigenvalue weighted by atomic mass is 10.1. The molecule has 0 aliphatic rings. The first-order valence-corrected chi connectivity index (χ1v) is 4.81. The van der Waals surface area contributed by atoms with Crippen LogP contribution in [0, 0.1) is 0 Å². The lowest BCUT2D eigenvalue weighted by molar-refractivity contribution is -0.136. The lowest BCUT2D eigenvalue weighted by Gasteiger charge is -2.06. The summed E-state index contributed by atoms with van der Waals surface area (Å²) in [5.41, 5.74) is 0.401. The highest BCUT2D eigenvalue weighted by atomic mass is 19.4. The number of hydrogen-bond donors (Lipinski definition) is 2. The zero-order valence-electron chi connectivity index (χ0n) is 8.30. The summed E-state index contributed by atoms with van der Waals surface area (Å²) in [6, 6.07) is 5.45. The van der Waals surface area contributed by atoms with E-state index in [9.17, 15) is 13.2 Å². The maximum Gasteiger partial charge on any atom is 0.417 e. The number of nitrogens with one attached hydrogen (secondary N) is 1. The summed E-state index contributed by atoms with van der Waals surface area (Å²) in [6.07, 6.45) is -4.02. The molecule has 0 aliphatic carbocycles. The van der Waals surface area contributed by atoms with E-state index < -0.39 is 11.7 Å². The minimum atomic E-state index is -4.35. The van der Waals surface area contributed by atoms with Gasteiger partial charge < -0.3 is 10.1 Å². The summed E-state index contributed by atoms with van der Waals surface area (Å²) in [4.78, 5) is 2.85. The molecule has 16 heavy (non-hydrogen) atoms. The van der Waals surface area contributed by atoms with Crippen LogP contribution in [-0.4, -0.2) is 16.7 Å². The molecule has 2 rings (SSSR count). The van der Waals surface area contributed by atoms with Gasteiger partial charge in [-0.25, -0.2) is 0 Å². The molecule has 2 N–H and O–H groups in total. The Balaban J connectivity index is 2.59. The number of hydrogen-bond acceptors (Lipinski definition) is 1. The van der Waals surface area contributed by atoms with Crippen molar-refractivity contribution in [3.63, 3.8) is 0 Å². The third-order valence-corrected chi connectivity index (χ3v) is 2.41. The summed E-state index contributed by atoms with van der Waals surface area (Å²) in [7, 11) is 0. The van der Waals surface area contributed by atoms with Crippen molar-refractivity contribution in [1.29, 1.82) is 0 Å². The van der Waals surface area contributed by atoms with Crippen LogP contribution in [0.1, 0.15) is 11.3 Å².